The SMILES string of the molecule is CC(C)COc1cc(F)cc(-c2ccc(C(=O)NS(=O)(=O)c3ccn[nH]3)c(N3CCC(F)CC3)n2)c1.CC(C)Oc1ccc(-c2ccc(C(=O)NS(=O)(=O)c3cccc(N)n3)c(N3CCCC3C(C)C)n2)cn1.COc1ccc(-c2ccc(C(=O)NS(=O)(=O)c3cccc(N)n3)c(N3CCC4(CCO4)CC3)n2)cn1.COc1ccc(-c2ccc(C(=O)NS(=O)(=O)c3cccc(N)n3)c(N3[C@H](C)CC[C@@H]3C)n2)cn1. The van der Waals surface area contributed by atoms with Crippen LogP contribution in [-0.4, -0.2) is 213 Å². The molecule has 3 atom stereocenters. The maximum atomic E-state index is 14.4. The molecule has 1 aromatic carbocycles. The van der Waals surface area contributed by atoms with E-state index in [0.29, 0.717) is 101 Å². The number of hydrogen-bond acceptors (Lipinski definition) is 35. The summed E-state index contributed by atoms with van der Waals surface area (Å²) in [6.07, 6.45) is 12.1. The van der Waals surface area contributed by atoms with Gasteiger partial charge in [0.05, 0.1) is 90.4 Å². The van der Waals surface area contributed by atoms with Crippen molar-refractivity contribution in [1.29, 1.82) is 0 Å². The van der Waals surface area contributed by atoms with Crippen LogP contribution in [0.15, 0.2) is 209 Å². The van der Waals surface area contributed by atoms with Gasteiger partial charge in [-0.2, -0.15) is 38.8 Å². The summed E-state index contributed by atoms with van der Waals surface area (Å²) >= 11 is 0. The first-order chi connectivity index (χ1) is 68.1. The van der Waals surface area contributed by atoms with Crippen LogP contribution in [0.3, 0.4) is 0 Å². The number of aromatic amines is 1. The first-order valence-corrected chi connectivity index (χ1v) is 52.0. The molecule has 46 heteroatoms. The fourth-order valence-electron chi connectivity index (χ4n) is 16.6. The molecule has 1 spiro atoms. The summed E-state index contributed by atoms with van der Waals surface area (Å²) in [5.41, 5.74) is 22.0. The third kappa shape index (κ3) is 25.8. The second kappa shape index (κ2) is 45.0. The monoisotopic (exact) mass is 2040 g/mol. The van der Waals surface area contributed by atoms with Crippen LogP contribution in [0.1, 0.15) is 155 Å². The van der Waals surface area contributed by atoms with Crippen molar-refractivity contribution < 1.29 is 85.3 Å². The van der Waals surface area contributed by atoms with Gasteiger partial charge >= 0.3 is 0 Å². The second-order valence-electron chi connectivity index (χ2n) is 35.5. The molecule has 0 bridgehead atoms. The molecule has 0 aliphatic carbocycles. The summed E-state index contributed by atoms with van der Waals surface area (Å²) in [5, 5.41) is 4.63. The van der Waals surface area contributed by atoms with Gasteiger partial charge in [0, 0.05) is 116 Å². The highest BCUT2D eigenvalue weighted by atomic mass is 32.2. The Balaban J connectivity index is 0.000000151. The number of carbonyl (C=O) groups excluding carboxylic acids is 4. The predicted molar refractivity (Wildman–Crippen MR) is 531 cm³/mol. The summed E-state index contributed by atoms with van der Waals surface area (Å²) in [5.74, 6) is 0.0973. The molecule has 5 fully saturated rings. The number of amides is 4. The Labute approximate surface area is 826 Å². The molecule has 0 radical (unpaired) electrons. The molecule has 1 unspecified atom stereocenters. The van der Waals surface area contributed by atoms with Crippen molar-refractivity contribution in [3.05, 3.63) is 217 Å². The van der Waals surface area contributed by atoms with Gasteiger partial charge in [-0.3, -0.25) is 24.3 Å². The number of anilines is 7. The number of nitrogens with zero attached hydrogens (tertiary/aromatic N) is 15. The summed E-state index contributed by atoms with van der Waals surface area (Å²) in [6, 6.07) is 41.9. The van der Waals surface area contributed by atoms with Gasteiger partial charge in [-0.15, -0.1) is 0 Å². The minimum absolute atomic E-state index is 0.00260. The molecule has 143 heavy (non-hydrogen) atoms. The van der Waals surface area contributed by atoms with Crippen molar-refractivity contribution in [3.8, 4) is 68.4 Å². The zero-order valence-electron chi connectivity index (χ0n) is 80.0. The smallest absolute Gasteiger partial charge is 0.281 e. The van der Waals surface area contributed by atoms with E-state index in [0.717, 1.165) is 68.2 Å². The standard InChI is InChI=1S/C26H32N6O4S.C24H27F2N5O4S.C24H26N6O5S.C23H26N6O4S/c1-16(2)21-7-6-14-32(21)25-19(26(33)31-37(34,35)24-9-5-8-22(27)30-24)11-12-20(29-25)18-10-13-23(28-15-18)36-17(3)4;1-15(2)14-35-19-12-16(11-18(26)13-19)21-4-3-20(23(28-21)31-9-6-17(25)7-10-31)24(32)30-36(33,34)22-5-8-27-29-22;1-34-20-8-5-16(15-26-20)18-7-6-17(22(27-18)30-12-9-24(10-13-30)11-14-35-24)23(31)29-36(32,33)21-4-2-3-19(25)28-21;1-14-7-8-15(2)29(14)22-17(10-11-18(26-22)16-9-12-20(33-3)25-13-16)23(30)28-34(31,32)21-6-4-5-19(24)27-21/h5,8-13,15-17,21H,6-7,14H2,1-4H3,(H2,27,30)(H,31,33);3-5,8,11-13,15,17H,6-7,9-10,14H2,1-2H3,(H,27,29)(H,30,32);2-8,15H,9-14H2,1H3,(H2,25,28)(H,29,31);4-6,9-15H,7-8H2,1-3H3,(H2,24,27)(H,28,30)/t;;;14-,15+. The number of ether oxygens (including phenoxy) is 5. The molecule has 4 amide bonds. The molecular formula is C97H111F2N23O17S4. The lowest BCUT2D eigenvalue weighted by molar-refractivity contribution is -0.158. The van der Waals surface area contributed by atoms with Gasteiger partial charge in [0.25, 0.3) is 63.7 Å². The van der Waals surface area contributed by atoms with Crippen LogP contribution in [0, 0.1) is 17.7 Å². The van der Waals surface area contributed by atoms with E-state index in [4.69, 9.17) is 55.8 Å². The van der Waals surface area contributed by atoms with Gasteiger partial charge in [-0.1, -0.05) is 45.9 Å². The van der Waals surface area contributed by atoms with Crippen LogP contribution in [0.4, 0.5) is 49.5 Å². The second-order valence-corrected chi connectivity index (χ2v) is 42.0. The number of pyridine rings is 10. The fraction of sp³-hybridized carbons (Fsp3) is 0.351. The Bertz CT molecular complexity index is 7060. The molecule has 40 nitrogen and oxygen atoms in total. The minimum atomic E-state index is -4.24. The van der Waals surface area contributed by atoms with Gasteiger partial charge in [-0.25, -0.2) is 77.5 Å². The molecule has 754 valence electrons. The first-order valence-electron chi connectivity index (χ1n) is 46.1. The van der Waals surface area contributed by atoms with Gasteiger partial charge in [0.15, 0.2) is 20.1 Å². The van der Waals surface area contributed by atoms with Crippen molar-refractivity contribution in [2.75, 3.05) is 97.0 Å². The average Bonchev–Trinajstić information content (AvgIpc) is 1.61. The van der Waals surface area contributed by atoms with E-state index in [1.165, 1.54) is 105 Å². The maximum Gasteiger partial charge on any atom is 0.281 e. The van der Waals surface area contributed by atoms with E-state index in [1.807, 2.05) is 55.5 Å². The molecule has 5 aliphatic rings. The van der Waals surface area contributed by atoms with Crippen LogP contribution in [0.25, 0.3) is 45.0 Å². The van der Waals surface area contributed by atoms with E-state index in [9.17, 15) is 61.6 Å². The minimum Gasteiger partial charge on any atom is -0.493 e. The Morgan fingerprint density at radius 2 is 0.902 bits per heavy atom. The van der Waals surface area contributed by atoms with Crippen molar-refractivity contribution in [2.45, 2.75) is 169 Å². The fourth-order valence-corrected chi connectivity index (χ4v) is 20.3. The lowest BCUT2D eigenvalue weighted by atomic mass is 9.84. The van der Waals surface area contributed by atoms with Gasteiger partial charge in [0.1, 0.15) is 58.5 Å². The number of hydrogen-bond donors (Lipinski definition) is 8. The number of methoxy groups -OCH3 is 2. The van der Waals surface area contributed by atoms with E-state index in [-0.39, 0.29) is 127 Å². The highest BCUT2D eigenvalue weighted by Gasteiger charge is 2.43. The third-order valence-electron chi connectivity index (χ3n) is 24.0. The number of halogens is 2. The average molecular weight is 2040 g/mol. The largest absolute Gasteiger partial charge is 0.493 e. The molecule has 17 rings (SSSR count). The van der Waals surface area contributed by atoms with Crippen LogP contribution < -0.4 is 74.6 Å². The van der Waals surface area contributed by atoms with Gasteiger partial charge in [-0.05, 0) is 219 Å². The van der Waals surface area contributed by atoms with Crippen molar-refractivity contribution in [1.82, 2.24) is 78.9 Å². The lowest BCUT2D eigenvalue weighted by Crippen LogP contribution is -2.52. The third-order valence-corrected chi connectivity index (χ3v) is 29.0. The quantitative estimate of drug-likeness (QED) is 0.0226. The van der Waals surface area contributed by atoms with Gasteiger partial charge in [0.2, 0.25) is 17.6 Å². The normalized spacial score (nSPS) is 16.3. The van der Waals surface area contributed by atoms with E-state index in [1.54, 1.807) is 84.2 Å². The van der Waals surface area contributed by atoms with E-state index >= 15 is 0 Å². The van der Waals surface area contributed by atoms with Gasteiger partial charge < -0.3 is 60.5 Å². The Kier molecular flexibility index (Phi) is 32.8. The number of piperidine rings is 2. The molecule has 0 saturated carbocycles. The van der Waals surface area contributed by atoms with Crippen molar-refractivity contribution in [3.63, 3.8) is 0 Å². The number of nitrogens with two attached hydrogens (primary N) is 3. The number of H-pyrrole nitrogens is 1. The van der Waals surface area contributed by atoms with Crippen LogP contribution >= 0.6 is 0 Å². The summed E-state index contributed by atoms with van der Waals surface area (Å²) in [7, 11) is -13.8. The summed E-state index contributed by atoms with van der Waals surface area (Å²) in [6.45, 7) is 19.9. The molecule has 12 aromatic rings. The molecule has 5 aliphatic heterocycles. The number of sulfonamides is 4. The maximum absolute atomic E-state index is 14.4. The number of nitrogen functional groups attached to an aromatic ring is 3. The predicted octanol–water partition coefficient (Wildman–Crippen LogP) is 12.0. The highest BCUT2D eigenvalue weighted by Crippen LogP contribution is 2.41. The zero-order chi connectivity index (χ0) is 102. The molecule has 11 aromatic heterocycles. The molecule has 11 N–H and O–H groups in total. The van der Waals surface area contributed by atoms with E-state index in [2.05, 4.69) is 96.7 Å². The molecular weight excluding hydrogens is 1930 g/mol. The Morgan fingerprint density at radius 3 is 1.30 bits per heavy atom. The molecule has 16 heterocycles. The van der Waals surface area contributed by atoms with Crippen LogP contribution in [0.5, 0.6) is 23.4 Å². The number of benzene rings is 1. The number of aromatic nitrogens is 12. The van der Waals surface area contributed by atoms with Crippen LogP contribution in [0.2, 0.25) is 0 Å². The van der Waals surface area contributed by atoms with Crippen LogP contribution in [-0.2, 0) is 44.8 Å². The number of nitrogens with one attached hydrogen (secondary N) is 5. The number of rotatable bonds is 28. The van der Waals surface area contributed by atoms with Crippen molar-refractivity contribution in [2.24, 2.45) is 11.8 Å². The van der Waals surface area contributed by atoms with Crippen molar-refractivity contribution >= 4 is 104 Å². The lowest BCUT2D eigenvalue weighted by Gasteiger charge is -2.48. The Hall–Kier alpha value is -14.8. The van der Waals surface area contributed by atoms with E-state index < -0.39 is 75.7 Å². The number of alkyl halides is 1. The topological polar surface area (TPSA) is 548 Å². The highest BCUT2D eigenvalue weighted by molar-refractivity contribution is 7.90. The first kappa shape index (κ1) is 104. The summed E-state index contributed by atoms with van der Waals surface area (Å²) < 4.78 is 166. The summed E-state index contributed by atoms with van der Waals surface area (Å²) in [4.78, 5) is 104. The molecule has 5 saturated heterocycles. The zero-order valence-corrected chi connectivity index (χ0v) is 83.3. The number of carbonyl (C=O) groups is 4. The Morgan fingerprint density at radius 1 is 0.483 bits per heavy atom.